The second-order valence-corrected chi connectivity index (χ2v) is 7.11. The SMILES string of the molecule is COCC[C@@H]1C(=O)N(C)C(=N)N[C@]1(C)c1cccc(-c2cccc(N)c2)c1. The van der Waals surface area contributed by atoms with Crippen LogP contribution >= 0.6 is 0 Å². The quantitative estimate of drug-likeness (QED) is 0.710. The Kier molecular flexibility index (Phi) is 5.19. The van der Waals surface area contributed by atoms with Crippen LogP contribution in [0.25, 0.3) is 11.1 Å². The zero-order valence-electron chi connectivity index (χ0n) is 16.0. The van der Waals surface area contributed by atoms with Gasteiger partial charge in [-0.2, -0.15) is 0 Å². The largest absolute Gasteiger partial charge is 0.399 e. The number of nitrogen functional groups attached to an aromatic ring is 1. The van der Waals surface area contributed by atoms with Crippen molar-refractivity contribution in [3.8, 4) is 11.1 Å². The summed E-state index contributed by atoms with van der Waals surface area (Å²) in [6.07, 6.45) is 0.568. The van der Waals surface area contributed by atoms with E-state index < -0.39 is 5.54 Å². The molecule has 1 aliphatic heterocycles. The van der Waals surface area contributed by atoms with Gasteiger partial charge in [-0.1, -0.05) is 30.3 Å². The van der Waals surface area contributed by atoms with E-state index in [1.54, 1.807) is 14.2 Å². The Hall–Kier alpha value is -2.86. The smallest absolute Gasteiger partial charge is 0.234 e. The first-order chi connectivity index (χ1) is 12.9. The highest BCUT2D eigenvalue weighted by atomic mass is 16.5. The van der Waals surface area contributed by atoms with Crippen molar-refractivity contribution in [2.75, 3.05) is 26.5 Å². The first-order valence-electron chi connectivity index (χ1n) is 8.96. The minimum Gasteiger partial charge on any atom is -0.399 e. The summed E-state index contributed by atoms with van der Waals surface area (Å²) < 4.78 is 5.22. The number of carbonyl (C=O) groups excluding carboxylic acids is 1. The van der Waals surface area contributed by atoms with E-state index in [0.717, 1.165) is 16.7 Å². The lowest BCUT2D eigenvalue weighted by Crippen LogP contribution is -2.63. The van der Waals surface area contributed by atoms with E-state index in [4.69, 9.17) is 15.9 Å². The number of rotatable bonds is 5. The fourth-order valence-electron chi connectivity index (χ4n) is 3.67. The van der Waals surface area contributed by atoms with Crippen LogP contribution in [0.3, 0.4) is 0 Å². The van der Waals surface area contributed by atoms with Crippen LogP contribution in [0.5, 0.6) is 0 Å². The maximum Gasteiger partial charge on any atom is 0.234 e. The van der Waals surface area contributed by atoms with Crippen LogP contribution < -0.4 is 11.1 Å². The van der Waals surface area contributed by atoms with Crippen molar-refractivity contribution >= 4 is 17.6 Å². The van der Waals surface area contributed by atoms with Crippen molar-refractivity contribution in [3.05, 3.63) is 54.1 Å². The number of nitrogens with zero attached hydrogens (tertiary/aromatic N) is 1. The van der Waals surface area contributed by atoms with Crippen molar-refractivity contribution < 1.29 is 9.53 Å². The minimum atomic E-state index is -0.699. The van der Waals surface area contributed by atoms with Gasteiger partial charge in [-0.3, -0.25) is 15.1 Å². The van der Waals surface area contributed by atoms with Gasteiger partial charge in [0, 0.05) is 26.5 Å². The highest BCUT2D eigenvalue weighted by Gasteiger charge is 2.47. The maximum atomic E-state index is 12.9. The Balaban J connectivity index is 2.04. The minimum absolute atomic E-state index is 0.0762. The molecule has 0 aliphatic carbocycles. The molecule has 1 saturated heterocycles. The summed E-state index contributed by atoms with van der Waals surface area (Å²) in [5, 5.41) is 11.4. The molecule has 3 rings (SSSR count). The number of amides is 1. The molecule has 142 valence electrons. The topological polar surface area (TPSA) is 91.4 Å². The van der Waals surface area contributed by atoms with Gasteiger partial charge >= 0.3 is 0 Å². The third-order valence-electron chi connectivity index (χ3n) is 5.33. The summed E-state index contributed by atoms with van der Waals surface area (Å²) in [6, 6.07) is 15.8. The predicted octanol–water partition coefficient (Wildman–Crippen LogP) is 2.80. The van der Waals surface area contributed by atoms with Crippen LogP contribution in [0, 0.1) is 11.3 Å². The van der Waals surface area contributed by atoms with Gasteiger partial charge in [0.25, 0.3) is 0 Å². The highest BCUT2D eigenvalue weighted by molar-refractivity contribution is 6.00. The van der Waals surface area contributed by atoms with Gasteiger partial charge in [0.1, 0.15) is 0 Å². The van der Waals surface area contributed by atoms with Gasteiger partial charge < -0.3 is 15.8 Å². The van der Waals surface area contributed by atoms with Crippen LogP contribution in [0.4, 0.5) is 5.69 Å². The molecule has 1 amide bonds. The predicted molar refractivity (Wildman–Crippen MR) is 107 cm³/mol. The van der Waals surface area contributed by atoms with E-state index in [9.17, 15) is 4.79 Å². The normalized spacial score (nSPS) is 22.6. The number of benzene rings is 2. The van der Waals surface area contributed by atoms with Crippen molar-refractivity contribution in [1.29, 1.82) is 5.41 Å². The number of anilines is 1. The lowest BCUT2D eigenvalue weighted by atomic mass is 9.75. The number of hydrogen-bond acceptors (Lipinski definition) is 4. The van der Waals surface area contributed by atoms with Crippen LogP contribution in [0.2, 0.25) is 0 Å². The Labute approximate surface area is 159 Å². The molecule has 6 nitrogen and oxygen atoms in total. The van der Waals surface area contributed by atoms with Crippen LogP contribution in [-0.2, 0) is 15.1 Å². The molecule has 2 aromatic carbocycles. The Morgan fingerprint density at radius 1 is 1.22 bits per heavy atom. The molecule has 0 aromatic heterocycles. The number of ether oxygens (including phenoxy) is 1. The summed E-state index contributed by atoms with van der Waals surface area (Å²) in [7, 11) is 3.25. The molecule has 1 fully saturated rings. The zero-order chi connectivity index (χ0) is 19.6. The number of hydrogen-bond donors (Lipinski definition) is 3. The first-order valence-corrected chi connectivity index (χ1v) is 8.96. The second-order valence-electron chi connectivity index (χ2n) is 7.11. The molecule has 2 atom stereocenters. The molecular formula is C21H26N4O2. The lowest BCUT2D eigenvalue weighted by Gasteiger charge is -2.45. The number of guanidine groups is 1. The molecule has 2 aromatic rings. The third-order valence-corrected chi connectivity index (χ3v) is 5.33. The number of carbonyl (C=O) groups is 1. The molecule has 0 unspecified atom stereocenters. The molecule has 0 bridgehead atoms. The van der Waals surface area contributed by atoms with E-state index in [2.05, 4.69) is 11.4 Å². The average Bonchev–Trinajstić information content (AvgIpc) is 2.66. The molecule has 1 heterocycles. The third kappa shape index (κ3) is 3.53. The first kappa shape index (κ1) is 18.9. The summed E-state index contributed by atoms with van der Waals surface area (Å²) >= 11 is 0. The summed E-state index contributed by atoms with van der Waals surface area (Å²) in [4.78, 5) is 14.3. The number of nitrogens with two attached hydrogens (primary N) is 1. The molecule has 27 heavy (non-hydrogen) atoms. The second kappa shape index (κ2) is 7.40. The van der Waals surface area contributed by atoms with E-state index in [-0.39, 0.29) is 17.8 Å². The molecule has 0 spiro atoms. The molecule has 6 heteroatoms. The van der Waals surface area contributed by atoms with E-state index in [1.165, 1.54) is 4.90 Å². The maximum absolute atomic E-state index is 12.9. The van der Waals surface area contributed by atoms with Crippen molar-refractivity contribution in [3.63, 3.8) is 0 Å². The monoisotopic (exact) mass is 366 g/mol. The van der Waals surface area contributed by atoms with Gasteiger partial charge in [0.2, 0.25) is 5.91 Å². The van der Waals surface area contributed by atoms with E-state index >= 15 is 0 Å². The number of nitrogens with one attached hydrogen (secondary N) is 2. The Morgan fingerprint density at radius 3 is 2.56 bits per heavy atom. The number of methoxy groups -OCH3 is 1. The van der Waals surface area contributed by atoms with E-state index in [0.29, 0.717) is 18.7 Å². The van der Waals surface area contributed by atoms with Crippen LogP contribution in [0.15, 0.2) is 48.5 Å². The fraction of sp³-hybridized carbons (Fsp3) is 0.333. The molecule has 4 N–H and O–H groups in total. The van der Waals surface area contributed by atoms with Crippen molar-refractivity contribution in [2.24, 2.45) is 5.92 Å². The average molecular weight is 366 g/mol. The van der Waals surface area contributed by atoms with Gasteiger partial charge in [-0.15, -0.1) is 0 Å². The Morgan fingerprint density at radius 2 is 1.89 bits per heavy atom. The van der Waals surface area contributed by atoms with Crippen LogP contribution in [0.1, 0.15) is 18.9 Å². The lowest BCUT2D eigenvalue weighted by molar-refractivity contribution is -0.136. The summed E-state index contributed by atoms with van der Waals surface area (Å²) in [5.74, 6) is -0.314. The molecular weight excluding hydrogens is 340 g/mol. The van der Waals surface area contributed by atoms with Gasteiger partial charge in [-0.25, -0.2) is 0 Å². The summed E-state index contributed by atoms with van der Waals surface area (Å²) in [6.45, 7) is 2.45. The van der Waals surface area contributed by atoms with Gasteiger partial charge in [0.15, 0.2) is 5.96 Å². The molecule has 0 saturated carbocycles. The Bertz CT molecular complexity index is 867. The van der Waals surface area contributed by atoms with Crippen molar-refractivity contribution in [2.45, 2.75) is 18.9 Å². The van der Waals surface area contributed by atoms with Crippen molar-refractivity contribution in [1.82, 2.24) is 10.2 Å². The molecule has 1 aliphatic rings. The van der Waals surface area contributed by atoms with Gasteiger partial charge in [0.05, 0.1) is 11.5 Å². The zero-order valence-corrected chi connectivity index (χ0v) is 16.0. The highest BCUT2D eigenvalue weighted by Crippen LogP contribution is 2.37. The van der Waals surface area contributed by atoms with Crippen LogP contribution in [-0.4, -0.2) is 37.5 Å². The standard InChI is InChI=1S/C21H26N4O2/c1-21(18(10-11-27-3)19(26)25(2)20(23)24-21)16-8-4-6-14(12-16)15-7-5-9-17(22)13-15/h4-9,12-13,18H,10-11,22H2,1-3H3,(H2,23,24)/t18-,21-/m1/s1. The fourth-order valence-corrected chi connectivity index (χ4v) is 3.67. The van der Waals surface area contributed by atoms with E-state index in [1.807, 2.05) is 49.4 Å². The molecule has 0 radical (unpaired) electrons. The van der Waals surface area contributed by atoms with Gasteiger partial charge in [-0.05, 0) is 48.2 Å². The summed E-state index contributed by atoms with van der Waals surface area (Å²) in [5.41, 5.74) is 8.92.